The van der Waals surface area contributed by atoms with Crippen LogP contribution in [-0.2, 0) is 4.84 Å². The first-order valence-corrected chi connectivity index (χ1v) is 5.31. The van der Waals surface area contributed by atoms with Gasteiger partial charge in [-0.2, -0.15) is 11.8 Å². The summed E-state index contributed by atoms with van der Waals surface area (Å²) in [5, 5.41) is 1.01. The third-order valence-electron chi connectivity index (χ3n) is 1.90. The lowest BCUT2D eigenvalue weighted by atomic mass is 10.3. The second kappa shape index (κ2) is 4.72. The summed E-state index contributed by atoms with van der Waals surface area (Å²) in [5.74, 6) is 0. The maximum atomic E-state index is 11.4. The zero-order valence-electron chi connectivity index (χ0n) is 8.24. The van der Waals surface area contributed by atoms with E-state index in [1.54, 1.807) is 4.90 Å². The van der Waals surface area contributed by atoms with E-state index in [1.807, 2.05) is 11.8 Å². The van der Waals surface area contributed by atoms with Gasteiger partial charge in [-0.05, 0) is 0 Å². The van der Waals surface area contributed by atoms with E-state index >= 15 is 0 Å². The fraction of sp³-hybridized carbons (Fsp3) is 0.875. The first-order valence-electron chi connectivity index (χ1n) is 4.37. The molecule has 0 aromatic rings. The highest BCUT2D eigenvalue weighted by Crippen LogP contribution is 2.24. The Morgan fingerprint density at radius 2 is 2.00 bits per heavy atom. The third-order valence-corrected chi connectivity index (χ3v) is 3.12. The smallest absolute Gasteiger partial charge is 0.321 e. The number of hydrogen-bond donors (Lipinski definition) is 1. The number of carbonyl (C=O) groups excluding carboxylic acids is 1. The van der Waals surface area contributed by atoms with Gasteiger partial charge in [0, 0.05) is 23.6 Å². The lowest BCUT2D eigenvalue weighted by Gasteiger charge is -2.34. The molecule has 1 N–H and O–H groups in total. The van der Waals surface area contributed by atoms with E-state index in [4.69, 9.17) is 0 Å². The van der Waals surface area contributed by atoms with Gasteiger partial charge in [-0.15, -0.1) is 0 Å². The van der Waals surface area contributed by atoms with Crippen LogP contribution in [0, 0.1) is 0 Å². The molecule has 0 bridgehead atoms. The predicted octanol–water partition coefficient (Wildman–Crippen LogP) is 1.08. The van der Waals surface area contributed by atoms with Gasteiger partial charge in [-0.3, -0.25) is 4.84 Å². The number of rotatable bonds is 1. The number of hydrogen-bond acceptors (Lipinski definition) is 3. The molecule has 0 radical (unpaired) electrons. The summed E-state index contributed by atoms with van der Waals surface area (Å²) in [6, 6.07) is -0.137. The van der Waals surface area contributed by atoms with Crippen LogP contribution in [0.2, 0.25) is 0 Å². The molecular weight excluding hydrogens is 188 g/mol. The van der Waals surface area contributed by atoms with Crippen LogP contribution in [-0.4, -0.2) is 41.6 Å². The summed E-state index contributed by atoms with van der Waals surface area (Å²) < 4.78 is 0. The molecule has 2 amide bonds. The van der Waals surface area contributed by atoms with Gasteiger partial charge in [0.1, 0.15) is 0 Å². The molecule has 1 aliphatic rings. The van der Waals surface area contributed by atoms with Crippen molar-refractivity contribution >= 4 is 17.8 Å². The number of hydroxylamine groups is 1. The number of nitrogens with one attached hydrogen (secondary N) is 1. The van der Waals surface area contributed by atoms with E-state index in [1.165, 1.54) is 7.11 Å². The first-order chi connectivity index (χ1) is 6.13. The highest BCUT2D eigenvalue weighted by molar-refractivity contribution is 8.00. The summed E-state index contributed by atoms with van der Waals surface area (Å²) >= 11 is 1.92. The van der Waals surface area contributed by atoms with E-state index < -0.39 is 0 Å². The number of thioether (sulfide) groups is 1. The topological polar surface area (TPSA) is 41.6 Å². The Hall–Kier alpha value is -0.420. The molecule has 1 heterocycles. The summed E-state index contributed by atoms with van der Waals surface area (Å²) in [7, 11) is 1.45. The SMILES string of the molecule is CONC(=O)N1CC(C)SC(C)C1. The van der Waals surface area contributed by atoms with Crippen molar-refractivity contribution in [2.24, 2.45) is 0 Å². The Balaban J connectivity index is 2.45. The predicted molar refractivity (Wildman–Crippen MR) is 53.6 cm³/mol. The number of carbonyl (C=O) groups is 1. The van der Waals surface area contributed by atoms with Crippen molar-refractivity contribution in [2.75, 3.05) is 20.2 Å². The minimum Gasteiger partial charge on any atom is -0.321 e. The molecular formula is C8H16N2O2S. The van der Waals surface area contributed by atoms with Crippen LogP contribution in [0.5, 0.6) is 0 Å². The monoisotopic (exact) mass is 204 g/mol. The van der Waals surface area contributed by atoms with Gasteiger partial charge in [0.05, 0.1) is 7.11 Å². The van der Waals surface area contributed by atoms with Gasteiger partial charge < -0.3 is 4.90 Å². The van der Waals surface area contributed by atoms with Crippen LogP contribution in [0.4, 0.5) is 4.79 Å². The normalized spacial score (nSPS) is 28.7. The molecule has 0 aliphatic carbocycles. The van der Waals surface area contributed by atoms with Gasteiger partial charge in [0.2, 0.25) is 0 Å². The maximum absolute atomic E-state index is 11.4. The second-order valence-corrected chi connectivity index (χ2v) is 5.16. The van der Waals surface area contributed by atoms with Crippen molar-refractivity contribution in [3.8, 4) is 0 Å². The van der Waals surface area contributed by atoms with Crippen LogP contribution >= 0.6 is 11.8 Å². The molecule has 0 saturated carbocycles. The van der Waals surface area contributed by atoms with E-state index in [0.29, 0.717) is 10.5 Å². The lowest BCUT2D eigenvalue weighted by molar-refractivity contribution is 0.0864. The average molecular weight is 204 g/mol. The molecule has 1 fully saturated rings. The zero-order valence-corrected chi connectivity index (χ0v) is 9.06. The Labute approximate surface area is 82.9 Å². The molecule has 76 valence electrons. The number of urea groups is 1. The Morgan fingerprint density at radius 1 is 1.46 bits per heavy atom. The summed E-state index contributed by atoms with van der Waals surface area (Å²) in [6.45, 7) is 5.86. The van der Waals surface area contributed by atoms with Gasteiger partial charge in [-0.25, -0.2) is 10.3 Å². The molecule has 1 aliphatic heterocycles. The van der Waals surface area contributed by atoms with Crippen LogP contribution < -0.4 is 5.48 Å². The zero-order chi connectivity index (χ0) is 9.84. The molecule has 2 atom stereocenters. The van der Waals surface area contributed by atoms with Crippen LogP contribution in [0.15, 0.2) is 0 Å². The maximum Gasteiger partial charge on any atom is 0.341 e. The molecule has 5 heteroatoms. The van der Waals surface area contributed by atoms with E-state index in [9.17, 15) is 4.79 Å². The van der Waals surface area contributed by atoms with Crippen LogP contribution in [0.1, 0.15) is 13.8 Å². The molecule has 0 spiro atoms. The molecule has 1 saturated heterocycles. The average Bonchev–Trinajstić information content (AvgIpc) is 2.03. The molecule has 4 nitrogen and oxygen atoms in total. The van der Waals surface area contributed by atoms with Gasteiger partial charge >= 0.3 is 6.03 Å². The Kier molecular flexibility index (Phi) is 3.87. The lowest BCUT2D eigenvalue weighted by Crippen LogP contribution is -2.48. The fourth-order valence-electron chi connectivity index (χ4n) is 1.50. The van der Waals surface area contributed by atoms with Crippen molar-refractivity contribution in [3.63, 3.8) is 0 Å². The molecule has 1 rings (SSSR count). The van der Waals surface area contributed by atoms with E-state index in [2.05, 4.69) is 24.2 Å². The Morgan fingerprint density at radius 3 is 2.46 bits per heavy atom. The van der Waals surface area contributed by atoms with E-state index in [0.717, 1.165) is 13.1 Å². The minimum absolute atomic E-state index is 0.137. The highest BCUT2D eigenvalue weighted by atomic mass is 32.2. The quantitative estimate of drug-likeness (QED) is 0.650. The summed E-state index contributed by atoms with van der Waals surface area (Å²) in [4.78, 5) is 17.7. The van der Waals surface area contributed by atoms with Crippen molar-refractivity contribution in [1.29, 1.82) is 0 Å². The molecule has 0 aromatic carbocycles. The first kappa shape index (κ1) is 10.7. The van der Waals surface area contributed by atoms with Gasteiger partial charge in [0.15, 0.2) is 0 Å². The highest BCUT2D eigenvalue weighted by Gasteiger charge is 2.25. The van der Waals surface area contributed by atoms with Crippen molar-refractivity contribution < 1.29 is 9.63 Å². The molecule has 0 aromatic heterocycles. The van der Waals surface area contributed by atoms with Crippen molar-refractivity contribution in [2.45, 2.75) is 24.3 Å². The van der Waals surface area contributed by atoms with E-state index in [-0.39, 0.29) is 6.03 Å². The van der Waals surface area contributed by atoms with Crippen molar-refractivity contribution in [1.82, 2.24) is 10.4 Å². The van der Waals surface area contributed by atoms with Crippen LogP contribution in [0.3, 0.4) is 0 Å². The Bertz CT molecular complexity index is 179. The second-order valence-electron chi connectivity index (χ2n) is 3.27. The fourth-order valence-corrected chi connectivity index (χ4v) is 2.82. The molecule has 13 heavy (non-hydrogen) atoms. The summed E-state index contributed by atoms with van der Waals surface area (Å²) in [5.41, 5.74) is 2.33. The number of nitrogens with zero attached hydrogens (tertiary/aromatic N) is 1. The summed E-state index contributed by atoms with van der Waals surface area (Å²) in [6.07, 6.45) is 0. The third kappa shape index (κ3) is 3.08. The largest absolute Gasteiger partial charge is 0.341 e. The molecule has 2 unspecified atom stereocenters. The van der Waals surface area contributed by atoms with Crippen molar-refractivity contribution in [3.05, 3.63) is 0 Å². The number of amides is 2. The minimum atomic E-state index is -0.137. The van der Waals surface area contributed by atoms with Crippen LogP contribution in [0.25, 0.3) is 0 Å². The standard InChI is InChI=1S/C8H16N2O2S/c1-6-4-10(5-7(2)13-6)8(11)9-12-3/h6-7H,4-5H2,1-3H3,(H,9,11). The van der Waals surface area contributed by atoms with Gasteiger partial charge in [-0.1, -0.05) is 13.8 Å². The van der Waals surface area contributed by atoms with Gasteiger partial charge in [0.25, 0.3) is 0 Å².